The lowest BCUT2D eigenvalue weighted by Gasteiger charge is -2.11. The van der Waals surface area contributed by atoms with Gasteiger partial charge in [-0.2, -0.15) is 4.98 Å². The van der Waals surface area contributed by atoms with Crippen molar-refractivity contribution < 1.29 is 9.90 Å². The van der Waals surface area contributed by atoms with Crippen LogP contribution in [0.3, 0.4) is 0 Å². The summed E-state index contributed by atoms with van der Waals surface area (Å²) in [6.45, 7) is 3.37. The number of aromatic nitrogens is 2. The second kappa shape index (κ2) is 5.83. The molecule has 0 bridgehead atoms. The van der Waals surface area contributed by atoms with E-state index in [1.807, 2.05) is 0 Å². The van der Waals surface area contributed by atoms with Gasteiger partial charge in [0.25, 0.3) is 5.91 Å². The van der Waals surface area contributed by atoms with Crippen molar-refractivity contribution in [3.05, 3.63) is 21.7 Å². The predicted molar refractivity (Wildman–Crippen MR) is 65.4 cm³/mol. The van der Waals surface area contributed by atoms with Gasteiger partial charge in [0.05, 0.1) is 11.7 Å². The number of H-pyrrole nitrogens is 1. The molecule has 0 spiro atoms. The Morgan fingerprint density at radius 2 is 2.29 bits per heavy atom. The number of aryl methyl sites for hydroxylation is 1. The first-order chi connectivity index (χ1) is 7.95. The molecular weight excluding hydrogens is 242 g/mol. The number of aliphatic hydroxyl groups is 1. The fourth-order valence-corrected chi connectivity index (χ4v) is 1.93. The molecule has 0 aliphatic rings. The van der Waals surface area contributed by atoms with Crippen LogP contribution in [0.2, 0.25) is 0 Å². The lowest BCUT2D eigenvalue weighted by Crippen LogP contribution is -2.32. The third-order valence-corrected chi connectivity index (χ3v) is 2.75. The van der Waals surface area contributed by atoms with Crippen molar-refractivity contribution in [2.45, 2.75) is 25.0 Å². The lowest BCUT2D eigenvalue weighted by atomic mass is 10.2. The standard InChI is InChI=1S/C10H15N3O3S/c1-5(14)4-11-8(15)7-6(2)12-10(16)13-9(7)17-3/h5,14H,4H2,1-3H3,(H,11,15)(H,12,13,16). The van der Waals surface area contributed by atoms with Gasteiger partial charge in [-0.3, -0.25) is 4.79 Å². The minimum Gasteiger partial charge on any atom is -0.392 e. The van der Waals surface area contributed by atoms with Crippen molar-refractivity contribution in [3.8, 4) is 0 Å². The van der Waals surface area contributed by atoms with Gasteiger partial charge in [0, 0.05) is 12.2 Å². The van der Waals surface area contributed by atoms with E-state index in [2.05, 4.69) is 15.3 Å². The Kier molecular flexibility index (Phi) is 4.71. The quantitative estimate of drug-likeness (QED) is 0.517. The first-order valence-corrected chi connectivity index (χ1v) is 6.29. The zero-order chi connectivity index (χ0) is 13.0. The number of rotatable bonds is 4. The van der Waals surface area contributed by atoms with Crippen molar-refractivity contribution >= 4 is 17.7 Å². The van der Waals surface area contributed by atoms with Crippen LogP contribution >= 0.6 is 11.8 Å². The predicted octanol–water partition coefficient (Wildman–Crippen LogP) is -0.0892. The maximum Gasteiger partial charge on any atom is 0.346 e. The Bertz CT molecular complexity index is 470. The Hall–Kier alpha value is -1.34. The SMILES string of the molecule is CSc1nc(=O)[nH]c(C)c1C(=O)NCC(C)O. The molecule has 0 aliphatic carbocycles. The van der Waals surface area contributed by atoms with Gasteiger partial charge < -0.3 is 15.4 Å². The molecule has 0 fully saturated rings. The van der Waals surface area contributed by atoms with Gasteiger partial charge in [-0.1, -0.05) is 0 Å². The minimum absolute atomic E-state index is 0.158. The number of amides is 1. The molecule has 0 aliphatic heterocycles. The number of carbonyl (C=O) groups is 1. The fraction of sp³-hybridized carbons (Fsp3) is 0.500. The molecule has 17 heavy (non-hydrogen) atoms. The molecule has 0 radical (unpaired) electrons. The lowest BCUT2D eigenvalue weighted by molar-refractivity contribution is 0.0919. The van der Waals surface area contributed by atoms with Crippen LogP contribution in [-0.4, -0.2) is 39.9 Å². The maximum absolute atomic E-state index is 11.9. The van der Waals surface area contributed by atoms with Gasteiger partial charge in [-0.05, 0) is 20.1 Å². The summed E-state index contributed by atoms with van der Waals surface area (Å²) in [7, 11) is 0. The topological polar surface area (TPSA) is 95.1 Å². The molecule has 1 amide bonds. The number of hydrogen-bond donors (Lipinski definition) is 3. The van der Waals surface area contributed by atoms with E-state index >= 15 is 0 Å². The second-order valence-corrected chi connectivity index (χ2v) is 4.41. The molecule has 1 aromatic rings. The van der Waals surface area contributed by atoms with Crippen LogP contribution < -0.4 is 11.0 Å². The first-order valence-electron chi connectivity index (χ1n) is 5.07. The average Bonchev–Trinajstić information content (AvgIpc) is 2.24. The van der Waals surface area contributed by atoms with Crippen LogP contribution in [0, 0.1) is 6.92 Å². The number of thioether (sulfide) groups is 1. The third-order valence-electron chi connectivity index (χ3n) is 2.06. The summed E-state index contributed by atoms with van der Waals surface area (Å²) in [5.41, 5.74) is 0.342. The molecule has 1 unspecified atom stereocenters. The van der Waals surface area contributed by atoms with Crippen molar-refractivity contribution in [2.75, 3.05) is 12.8 Å². The number of nitrogens with one attached hydrogen (secondary N) is 2. The van der Waals surface area contributed by atoms with E-state index in [4.69, 9.17) is 5.11 Å². The van der Waals surface area contributed by atoms with E-state index in [9.17, 15) is 9.59 Å². The smallest absolute Gasteiger partial charge is 0.346 e. The summed E-state index contributed by atoms with van der Waals surface area (Å²) < 4.78 is 0. The summed E-state index contributed by atoms with van der Waals surface area (Å²) >= 11 is 1.23. The highest BCUT2D eigenvalue weighted by Crippen LogP contribution is 2.17. The van der Waals surface area contributed by atoms with Crippen molar-refractivity contribution in [1.29, 1.82) is 0 Å². The Morgan fingerprint density at radius 3 is 2.82 bits per heavy atom. The van der Waals surface area contributed by atoms with E-state index < -0.39 is 11.8 Å². The average molecular weight is 257 g/mol. The highest BCUT2D eigenvalue weighted by molar-refractivity contribution is 7.98. The van der Waals surface area contributed by atoms with Crippen LogP contribution in [0.5, 0.6) is 0 Å². The Balaban J connectivity index is 3.04. The molecule has 0 aromatic carbocycles. The molecule has 1 aromatic heterocycles. The molecule has 1 atom stereocenters. The summed E-state index contributed by atoms with van der Waals surface area (Å²) in [6, 6.07) is 0. The maximum atomic E-state index is 11.9. The highest BCUT2D eigenvalue weighted by atomic mass is 32.2. The molecule has 7 heteroatoms. The van der Waals surface area contributed by atoms with Gasteiger partial charge in [0.2, 0.25) is 0 Å². The molecule has 6 nitrogen and oxygen atoms in total. The Labute approximate surface area is 103 Å². The monoisotopic (exact) mass is 257 g/mol. The van der Waals surface area contributed by atoms with E-state index in [0.717, 1.165) is 0 Å². The van der Waals surface area contributed by atoms with Gasteiger partial charge in [0.1, 0.15) is 5.03 Å². The van der Waals surface area contributed by atoms with Crippen LogP contribution in [0.15, 0.2) is 9.82 Å². The van der Waals surface area contributed by atoms with E-state index in [1.165, 1.54) is 11.8 Å². The second-order valence-electron chi connectivity index (χ2n) is 3.61. The number of nitrogens with zero attached hydrogens (tertiary/aromatic N) is 1. The summed E-state index contributed by atoms with van der Waals surface area (Å²) in [5, 5.41) is 12.0. The zero-order valence-electron chi connectivity index (χ0n) is 9.90. The molecule has 0 saturated heterocycles. The molecule has 1 rings (SSSR count). The van der Waals surface area contributed by atoms with Gasteiger partial charge in [0.15, 0.2) is 0 Å². The van der Waals surface area contributed by atoms with Crippen molar-refractivity contribution in [1.82, 2.24) is 15.3 Å². The fourth-order valence-electron chi connectivity index (χ4n) is 1.30. The molecule has 3 N–H and O–H groups in total. The van der Waals surface area contributed by atoms with Crippen molar-refractivity contribution in [3.63, 3.8) is 0 Å². The highest BCUT2D eigenvalue weighted by Gasteiger charge is 2.16. The molecular formula is C10H15N3O3S. The zero-order valence-corrected chi connectivity index (χ0v) is 10.7. The van der Waals surface area contributed by atoms with Gasteiger partial charge in [-0.25, -0.2) is 4.79 Å². The summed E-state index contributed by atoms with van der Waals surface area (Å²) in [5.74, 6) is -0.350. The van der Waals surface area contributed by atoms with Gasteiger partial charge >= 0.3 is 5.69 Å². The van der Waals surface area contributed by atoms with Crippen LogP contribution in [0.1, 0.15) is 23.0 Å². The van der Waals surface area contributed by atoms with Crippen LogP contribution in [0.25, 0.3) is 0 Å². The van der Waals surface area contributed by atoms with Crippen molar-refractivity contribution in [2.24, 2.45) is 0 Å². The largest absolute Gasteiger partial charge is 0.392 e. The van der Waals surface area contributed by atoms with Gasteiger partial charge in [-0.15, -0.1) is 11.8 Å². The molecule has 94 valence electrons. The summed E-state index contributed by atoms with van der Waals surface area (Å²) in [4.78, 5) is 29.2. The number of carbonyl (C=O) groups excluding carboxylic acids is 1. The van der Waals surface area contributed by atoms with E-state index in [-0.39, 0.29) is 12.5 Å². The minimum atomic E-state index is -0.618. The molecule has 1 heterocycles. The number of hydrogen-bond acceptors (Lipinski definition) is 5. The number of aliphatic hydroxyl groups excluding tert-OH is 1. The summed E-state index contributed by atoms with van der Waals surface area (Å²) in [6.07, 6.45) is 1.12. The first kappa shape index (κ1) is 13.7. The van der Waals surface area contributed by atoms with Crippen LogP contribution in [-0.2, 0) is 0 Å². The van der Waals surface area contributed by atoms with E-state index in [1.54, 1.807) is 20.1 Å². The molecule has 0 saturated carbocycles. The van der Waals surface area contributed by atoms with E-state index in [0.29, 0.717) is 16.3 Å². The normalized spacial score (nSPS) is 12.2. The Morgan fingerprint density at radius 1 is 1.65 bits per heavy atom. The number of aromatic amines is 1. The third kappa shape index (κ3) is 3.57. The van der Waals surface area contributed by atoms with Crippen LogP contribution in [0.4, 0.5) is 0 Å².